The number of alkyl halides is 3. The molecule has 0 aliphatic carbocycles. The summed E-state index contributed by atoms with van der Waals surface area (Å²) < 4.78 is 60.5. The van der Waals surface area contributed by atoms with E-state index in [-0.39, 0.29) is 35.5 Å². The van der Waals surface area contributed by atoms with Crippen LogP contribution in [0.3, 0.4) is 0 Å². The number of carbonyl (C=O) groups is 3. The lowest BCUT2D eigenvalue weighted by atomic mass is 9.87. The Morgan fingerprint density at radius 3 is 2.15 bits per heavy atom. The van der Waals surface area contributed by atoms with Gasteiger partial charge in [-0.25, -0.2) is 9.59 Å². The van der Waals surface area contributed by atoms with E-state index in [9.17, 15) is 27.6 Å². The highest BCUT2D eigenvalue weighted by molar-refractivity contribution is 7.99. The summed E-state index contributed by atoms with van der Waals surface area (Å²) in [6.45, 7) is 16.1. The Bertz CT molecular complexity index is 1990. The SMILES string of the molecule is CC(C)(C)OC(=O)NC(c1nnc(-c2ccc3c(c2)N(Cc2ccc(-c4noc(C(F)(F)F)n4)cc2)C(=O)[C@@H](NC(=O)OC(C)(C)C)CS3)o1)C(C)(C)C. The molecule has 290 valence electrons. The van der Waals surface area contributed by atoms with E-state index in [1.807, 2.05) is 20.8 Å². The number of benzene rings is 2. The Morgan fingerprint density at radius 1 is 0.926 bits per heavy atom. The molecule has 5 rings (SSSR count). The number of hydrogen-bond acceptors (Lipinski definition) is 12. The van der Waals surface area contributed by atoms with Crippen LogP contribution in [0.5, 0.6) is 0 Å². The number of nitrogens with one attached hydrogen (secondary N) is 2. The van der Waals surface area contributed by atoms with Gasteiger partial charge >= 0.3 is 24.3 Å². The van der Waals surface area contributed by atoms with Crippen LogP contribution in [0.1, 0.15) is 85.7 Å². The highest BCUT2D eigenvalue weighted by Crippen LogP contribution is 2.40. The van der Waals surface area contributed by atoms with Crippen molar-refractivity contribution in [2.45, 2.75) is 103 Å². The third-order valence-corrected chi connectivity index (χ3v) is 8.75. The molecule has 2 N–H and O–H groups in total. The second-order valence-electron chi connectivity index (χ2n) is 15.6. The predicted molar refractivity (Wildman–Crippen MR) is 191 cm³/mol. The molecular formula is C36H42F3N7O7S. The van der Waals surface area contributed by atoms with Crippen LogP contribution in [0.15, 0.2) is 56.3 Å². The Balaban J connectivity index is 1.47. The van der Waals surface area contributed by atoms with Gasteiger partial charge in [-0.3, -0.25) is 4.79 Å². The van der Waals surface area contributed by atoms with Crippen LogP contribution in [0, 0.1) is 5.41 Å². The second kappa shape index (κ2) is 14.9. The molecule has 4 aromatic rings. The minimum Gasteiger partial charge on any atom is -0.444 e. The third kappa shape index (κ3) is 10.1. The molecule has 2 atom stereocenters. The number of rotatable bonds is 7. The van der Waals surface area contributed by atoms with Crippen LogP contribution in [-0.4, -0.2) is 61.4 Å². The Kier molecular flexibility index (Phi) is 11.1. The number of carbonyl (C=O) groups excluding carboxylic acids is 3. The van der Waals surface area contributed by atoms with Gasteiger partial charge in [0.1, 0.15) is 23.3 Å². The molecule has 0 radical (unpaired) electrons. The largest absolute Gasteiger partial charge is 0.471 e. The smallest absolute Gasteiger partial charge is 0.444 e. The number of halogens is 3. The van der Waals surface area contributed by atoms with Crippen molar-refractivity contribution >= 4 is 35.5 Å². The number of hydrogen-bond donors (Lipinski definition) is 2. The fraction of sp³-hybridized carbons (Fsp3) is 0.472. The van der Waals surface area contributed by atoms with E-state index in [4.69, 9.17) is 13.9 Å². The second-order valence-corrected chi connectivity index (χ2v) is 16.7. The van der Waals surface area contributed by atoms with Gasteiger partial charge in [-0.2, -0.15) is 18.2 Å². The average Bonchev–Trinajstić information content (AvgIpc) is 3.71. The number of alkyl carbamates (subject to hydrolysis) is 2. The molecule has 3 heterocycles. The van der Waals surface area contributed by atoms with E-state index in [0.29, 0.717) is 21.7 Å². The van der Waals surface area contributed by atoms with Gasteiger partial charge in [0.25, 0.3) is 5.91 Å². The lowest BCUT2D eigenvalue weighted by molar-refractivity contribution is -0.159. The van der Waals surface area contributed by atoms with Crippen molar-refractivity contribution in [2.75, 3.05) is 10.7 Å². The monoisotopic (exact) mass is 773 g/mol. The summed E-state index contributed by atoms with van der Waals surface area (Å²) in [4.78, 5) is 45.4. The zero-order chi connectivity index (χ0) is 39.8. The van der Waals surface area contributed by atoms with Gasteiger partial charge < -0.3 is 33.9 Å². The lowest BCUT2D eigenvalue weighted by Crippen LogP contribution is -2.50. The summed E-state index contributed by atoms with van der Waals surface area (Å²) in [6.07, 6.45) is -6.20. The summed E-state index contributed by atoms with van der Waals surface area (Å²) in [5, 5.41) is 17.5. The van der Waals surface area contributed by atoms with Crippen LogP contribution in [0.4, 0.5) is 28.4 Å². The maximum Gasteiger partial charge on any atom is 0.471 e. The van der Waals surface area contributed by atoms with Crippen molar-refractivity contribution in [1.29, 1.82) is 0 Å². The van der Waals surface area contributed by atoms with Crippen molar-refractivity contribution in [1.82, 2.24) is 31.0 Å². The highest BCUT2D eigenvalue weighted by atomic mass is 32.2. The highest BCUT2D eigenvalue weighted by Gasteiger charge is 2.39. The van der Waals surface area contributed by atoms with Crippen molar-refractivity contribution in [2.24, 2.45) is 5.41 Å². The number of fused-ring (bicyclic) bond motifs is 1. The number of amides is 3. The molecule has 0 bridgehead atoms. The minimum absolute atomic E-state index is 0.00363. The van der Waals surface area contributed by atoms with Gasteiger partial charge in [-0.05, 0) is 70.7 Å². The molecule has 0 saturated carbocycles. The van der Waals surface area contributed by atoms with E-state index in [0.717, 1.165) is 0 Å². The molecule has 2 aromatic heterocycles. The van der Waals surface area contributed by atoms with Crippen LogP contribution in [0.2, 0.25) is 0 Å². The minimum atomic E-state index is -4.79. The first-order chi connectivity index (χ1) is 25.0. The fourth-order valence-corrected chi connectivity index (χ4v) is 6.24. The normalized spacial score (nSPS) is 16.0. The summed E-state index contributed by atoms with van der Waals surface area (Å²) >= 11 is 1.35. The number of anilines is 1. The van der Waals surface area contributed by atoms with Crippen molar-refractivity contribution in [3.05, 3.63) is 59.8 Å². The number of ether oxygens (including phenoxy) is 2. The van der Waals surface area contributed by atoms with E-state index >= 15 is 0 Å². The first-order valence-corrected chi connectivity index (χ1v) is 17.9. The van der Waals surface area contributed by atoms with Gasteiger partial charge in [-0.15, -0.1) is 22.0 Å². The van der Waals surface area contributed by atoms with Crippen molar-refractivity contribution in [3.63, 3.8) is 0 Å². The van der Waals surface area contributed by atoms with Gasteiger partial charge in [0.05, 0.1) is 12.2 Å². The molecule has 0 spiro atoms. The zero-order valence-corrected chi connectivity index (χ0v) is 32.1. The summed E-state index contributed by atoms with van der Waals surface area (Å²) in [7, 11) is 0. The van der Waals surface area contributed by atoms with E-state index in [2.05, 4.69) is 35.5 Å². The molecule has 54 heavy (non-hydrogen) atoms. The van der Waals surface area contributed by atoms with Crippen LogP contribution < -0.4 is 15.5 Å². The molecule has 0 fully saturated rings. The molecule has 1 aliphatic heterocycles. The topological polar surface area (TPSA) is 175 Å². The number of nitrogens with zero attached hydrogens (tertiary/aromatic N) is 5. The molecule has 1 unspecified atom stereocenters. The van der Waals surface area contributed by atoms with Gasteiger partial charge in [0.2, 0.25) is 17.6 Å². The Hall–Kier alpha value is -5.13. The van der Waals surface area contributed by atoms with Crippen LogP contribution in [-0.2, 0) is 27.0 Å². The zero-order valence-electron chi connectivity index (χ0n) is 31.2. The Morgan fingerprint density at radius 2 is 1.56 bits per heavy atom. The first-order valence-electron chi connectivity index (χ1n) is 16.9. The molecule has 0 saturated heterocycles. The summed E-state index contributed by atoms with van der Waals surface area (Å²) in [5.41, 5.74) is -0.258. The van der Waals surface area contributed by atoms with Crippen molar-refractivity contribution < 1.29 is 46.0 Å². The lowest BCUT2D eigenvalue weighted by Gasteiger charge is -2.29. The number of aromatic nitrogens is 4. The predicted octanol–water partition coefficient (Wildman–Crippen LogP) is 7.95. The van der Waals surface area contributed by atoms with E-state index in [1.54, 1.807) is 71.9 Å². The maximum atomic E-state index is 14.3. The number of thioether (sulfide) groups is 1. The van der Waals surface area contributed by atoms with Gasteiger partial charge in [0, 0.05) is 21.8 Å². The van der Waals surface area contributed by atoms with Gasteiger partial charge in [-0.1, -0.05) is 50.2 Å². The van der Waals surface area contributed by atoms with Crippen molar-refractivity contribution in [3.8, 4) is 22.8 Å². The van der Waals surface area contributed by atoms with Crippen LogP contribution >= 0.6 is 11.8 Å². The van der Waals surface area contributed by atoms with E-state index < -0.39 is 58.9 Å². The first kappa shape index (κ1) is 40.1. The third-order valence-electron chi connectivity index (χ3n) is 7.59. The van der Waals surface area contributed by atoms with Crippen LogP contribution in [0.25, 0.3) is 22.8 Å². The Labute approximate surface area is 313 Å². The maximum absolute atomic E-state index is 14.3. The molecular weight excluding hydrogens is 731 g/mol. The standard InChI is InChI=1S/C36H42F3N7O7S/c1-33(2,3)25(41-32(49)52-35(7,8)9)28-44-43-27(50-28)21-14-15-24-23(16-21)46(29(47)22(18-54-24)40-31(48)51-34(4,5)6)17-19-10-12-20(13-11-19)26-42-30(53-45-26)36(37,38)39/h10-16,22,25H,17-18H2,1-9H3,(H,40,48)(H,41,49)/t22-,25?/m0/s1. The van der Waals surface area contributed by atoms with E-state index in [1.165, 1.54) is 28.8 Å². The molecule has 3 amide bonds. The molecule has 2 aromatic carbocycles. The van der Waals surface area contributed by atoms with Gasteiger partial charge in [0.15, 0.2) is 0 Å². The average molecular weight is 774 g/mol. The summed E-state index contributed by atoms with van der Waals surface area (Å²) in [5.74, 6) is -1.70. The quantitative estimate of drug-likeness (QED) is 0.186. The molecule has 14 nitrogen and oxygen atoms in total. The molecule has 1 aliphatic rings. The fourth-order valence-electron chi connectivity index (χ4n) is 5.19. The molecule has 18 heteroatoms. The summed E-state index contributed by atoms with van der Waals surface area (Å²) in [6, 6.07) is 9.86.